The molecule has 6 nitrogen and oxygen atoms in total. The number of hydrogen-bond acceptors (Lipinski definition) is 5. The molecular formula is C14H21ClN2O4. The van der Waals surface area contributed by atoms with E-state index in [1.165, 1.54) is 0 Å². The number of hydrogen-bond donors (Lipinski definition) is 0. The van der Waals surface area contributed by atoms with Crippen LogP contribution in [0.4, 0.5) is 0 Å². The third-order valence-corrected chi connectivity index (χ3v) is 3.00. The van der Waals surface area contributed by atoms with Gasteiger partial charge in [-0.15, -0.1) is 0 Å². The summed E-state index contributed by atoms with van der Waals surface area (Å²) >= 11 is 6.09. The molecule has 0 radical (unpaired) electrons. The molecule has 0 saturated carbocycles. The van der Waals surface area contributed by atoms with Gasteiger partial charge in [0.15, 0.2) is 10.8 Å². The van der Waals surface area contributed by atoms with Crippen LogP contribution < -0.4 is 10.3 Å². The van der Waals surface area contributed by atoms with Crippen molar-refractivity contribution in [2.45, 2.75) is 46.6 Å². The van der Waals surface area contributed by atoms with E-state index in [1.807, 2.05) is 20.8 Å². The zero-order valence-electron chi connectivity index (χ0n) is 12.8. The average molecular weight is 317 g/mol. The standard InChI is InChI=1S/C14H21ClN2O4/c1-5-7-21-13-11(15)14(19)17(8-10(18)20-6-2)16-12(13)9(3)4/h9H,5-8H2,1-4H3. The van der Waals surface area contributed by atoms with Crippen LogP contribution in [0.3, 0.4) is 0 Å². The number of carbonyl (C=O) groups is 1. The van der Waals surface area contributed by atoms with E-state index < -0.39 is 11.5 Å². The van der Waals surface area contributed by atoms with Gasteiger partial charge in [0.2, 0.25) is 0 Å². The van der Waals surface area contributed by atoms with Gasteiger partial charge >= 0.3 is 5.97 Å². The van der Waals surface area contributed by atoms with Crippen LogP contribution in [0.2, 0.25) is 5.02 Å². The van der Waals surface area contributed by atoms with E-state index in [0.717, 1.165) is 11.1 Å². The number of aromatic nitrogens is 2. The van der Waals surface area contributed by atoms with Crippen molar-refractivity contribution in [3.05, 3.63) is 21.1 Å². The Hall–Kier alpha value is -1.56. The minimum Gasteiger partial charge on any atom is -0.490 e. The second kappa shape index (κ2) is 8.02. The van der Waals surface area contributed by atoms with Crippen LogP contribution >= 0.6 is 11.6 Å². The minimum absolute atomic E-state index is 0.00315. The van der Waals surface area contributed by atoms with E-state index in [2.05, 4.69) is 5.10 Å². The molecule has 21 heavy (non-hydrogen) atoms. The highest BCUT2D eigenvalue weighted by molar-refractivity contribution is 6.31. The molecule has 7 heteroatoms. The van der Waals surface area contributed by atoms with Crippen LogP contribution in [-0.2, 0) is 16.1 Å². The van der Waals surface area contributed by atoms with Gasteiger partial charge in [-0.2, -0.15) is 5.10 Å². The Morgan fingerprint density at radius 3 is 2.57 bits per heavy atom. The molecule has 0 aromatic carbocycles. The van der Waals surface area contributed by atoms with Crippen molar-refractivity contribution in [1.82, 2.24) is 9.78 Å². The summed E-state index contributed by atoms with van der Waals surface area (Å²) in [6, 6.07) is 0. The van der Waals surface area contributed by atoms with Crippen LogP contribution in [0, 0.1) is 0 Å². The summed E-state index contributed by atoms with van der Waals surface area (Å²) in [6.45, 7) is 7.91. The smallest absolute Gasteiger partial charge is 0.327 e. The molecule has 0 bridgehead atoms. The molecule has 1 heterocycles. The van der Waals surface area contributed by atoms with Crippen molar-refractivity contribution in [3.8, 4) is 5.75 Å². The molecule has 1 rings (SSSR count). The molecule has 0 N–H and O–H groups in total. The number of ether oxygens (including phenoxy) is 2. The largest absolute Gasteiger partial charge is 0.490 e. The predicted octanol–water partition coefficient (Wildman–Crippen LogP) is 2.37. The third-order valence-electron chi connectivity index (χ3n) is 2.66. The maximum Gasteiger partial charge on any atom is 0.327 e. The zero-order valence-corrected chi connectivity index (χ0v) is 13.6. The van der Waals surface area contributed by atoms with Crippen LogP contribution in [0.1, 0.15) is 45.7 Å². The SMILES string of the molecule is CCCOc1c(C(C)C)nn(CC(=O)OCC)c(=O)c1Cl. The predicted molar refractivity (Wildman–Crippen MR) is 80.0 cm³/mol. The van der Waals surface area contributed by atoms with Gasteiger partial charge in [0.1, 0.15) is 12.2 Å². The number of rotatable bonds is 7. The Balaban J connectivity index is 3.24. The summed E-state index contributed by atoms with van der Waals surface area (Å²) in [5.74, 6) is -0.220. The lowest BCUT2D eigenvalue weighted by molar-refractivity contribution is -0.144. The summed E-state index contributed by atoms with van der Waals surface area (Å²) in [5.41, 5.74) is -0.00225. The summed E-state index contributed by atoms with van der Waals surface area (Å²) < 4.78 is 11.4. The molecule has 0 amide bonds. The van der Waals surface area contributed by atoms with Crippen molar-refractivity contribution in [2.75, 3.05) is 13.2 Å². The van der Waals surface area contributed by atoms with E-state index in [4.69, 9.17) is 21.1 Å². The van der Waals surface area contributed by atoms with Crippen molar-refractivity contribution >= 4 is 17.6 Å². The molecular weight excluding hydrogens is 296 g/mol. The Kier molecular flexibility index (Phi) is 6.68. The summed E-state index contributed by atoms with van der Waals surface area (Å²) in [5, 5.41) is 4.15. The Morgan fingerprint density at radius 1 is 1.38 bits per heavy atom. The van der Waals surface area contributed by atoms with Gasteiger partial charge < -0.3 is 9.47 Å². The first-order valence-electron chi connectivity index (χ1n) is 7.01. The second-order valence-corrected chi connectivity index (χ2v) is 5.18. The molecule has 118 valence electrons. The second-order valence-electron chi connectivity index (χ2n) is 4.80. The topological polar surface area (TPSA) is 70.4 Å². The molecule has 0 spiro atoms. The van der Waals surface area contributed by atoms with E-state index in [9.17, 15) is 9.59 Å². The number of carbonyl (C=O) groups excluding carboxylic acids is 1. The molecule has 0 aliphatic heterocycles. The Labute approximate surface area is 129 Å². The monoisotopic (exact) mass is 316 g/mol. The van der Waals surface area contributed by atoms with E-state index >= 15 is 0 Å². The maximum absolute atomic E-state index is 12.1. The van der Waals surface area contributed by atoms with E-state index in [-0.39, 0.29) is 24.1 Å². The van der Waals surface area contributed by atoms with Gasteiger partial charge in [-0.1, -0.05) is 32.4 Å². The van der Waals surface area contributed by atoms with Gasteiger partial charge in [0.25, 0.3) is 5.56 Å². The molecule has 0 unspecified atom stereocenters. The third kappa shape index (κ3) is 4.46. The molecule has 0 fully saturated rings. The van der Waals surface area contributed by atoms with Crippen LogP contribution in [0.15, 0.2) is 4.79 Å². The molecule has 0 aliphatic rings. The molecule has 1 aromatic rings. The first-order chi connectivity index (χ1) is 9.92. The first-order valence-corrected chi connectivity index (χ1v) is 7.39. The highest BCUT2D eigenvalue weighted by Gasteiger charge is 2.20. The maximum atomic E-state index is 12.1. The molecule has 0 saturated heterocycles. The van der Waals surface area contributed by atoms with Gasteiger partial charge in [-0.3, -0.25) is 9.59 Å². The number of esters is 1. The van der Waals surface area contributed by atoms with Crippen LogP contribution in [0.25, 0.3) is 0 Å². The fourth-order valence-electron chi connectivity index (χ4n) is 1.70. The molecule has 0 atom stereocenters. The summed E-state index contributed by atoms with van der Waals surface area (Å²) in [7, 11) is 0. The highest BCUT2D eigenvalue weighted by Crippen LogP contribution is 2.29. The number of halogens is 1. The van der Waals surface area contributed by atoms with E-state index in [0.29, 0.717) is 18.1 Å². The Morgan fingerprint density at radius 2 is 2.05 bits per heavy atom. The molecule has 1 aromatic heterocycles. The van der Waals surface area contributed by atoms with Crippen molar-refractivity contribution in [2.24, 2.45) is 0 Å². The number of nitrogens with zero attached hydrogens (tertiary/aromatic N) is 2. The van der Waals surface area contributed by atoms with Gasteiger partial charge in [-0.05, 0) is 13.3 Å². The van der Waals surface area contributed by atoms with Crippen molar-refractivity contribution in [1.29, 1.82) is 0 Å². The zero-order chi connectivity index (χ0) is 16.0. The summed E-state index contributed by atoms with van der Waals surface area (Å²) in [6.07, 6.45) is 0.791. The summed E-state index contributed by atoms with van der Waals surface area (Å²) in [4.78, 5) is 23.7. The lowest BCUT2D eigenvalue weighted by Crippen LogP contribution is -2.30. The lowest BCUT2D eigenvalue weighted by Gasteiger charge is -2.16. The van der Waals surface area contributed by atoms with Gasteiger partial charge in [0.05, 0.1) is 13.2 Å². The highest BCUT2D eigenvalue weighted by atomic mass is 35.5. The molecule has 0 aliphatic carbocycles. The quantitative estimate of drug-likeness (QED) is 0.722. The van der Waals surface area contributed by atoms with Crippen LogP contribution in [0.5, 0.6) is 5.75 Å². The minimum atomic E-state index is -0.555. The normalized spacial score (nSPS) is 10.8. The fourth-order valence-corrected chi connectivity index (χ4v) is 1.95. The van der Waals surface area contributed by atoms with Crippen molar-refractivity contribution < 1.29 is 14.3 Å². The van der Waals surface area contributed by atoms with Crippen LogP contribution in [-0.4, -0.2) is 29.0 Å². The lowest BCUT2D eigenvalue weighted by atomic mass is 10.1. The van der Waals surface area contributed by atoms with E-state index in [1.54, 1.807) is 6.92 Å². The average Bonchev–Trinajstić information content (AvgIpc) is 2.42. The van der Waals surface area contributed by atoms with Gasteiger partial charge in [-0.25, -0.2) is 4.68 Å². The fraction of sp³-hybridized carbons (Fsp3) is 0.643. The first kappa shape index (κ1) is 17.5. The van der Waals surface area contributed by atoms with Crippen molar-refractivity contribution in [3.63, 3.8) is 0 Å². The Bertz CT molecular complexity index is 555. The van der Waals surface area contributed by atoms with Gasteiger partial charge in [0, 0.05) is 5.92 Å².